The van der Waals surface area contributed by atoms with Crippen LogP contribution in [0.4, 0.5) is 0 Å². The molecule has 0 saturated carbocycles. The minimum atomic E-state index is -3.42. The van der Waals surface area contributed by atoms with Gasteiger partial charge in [-0.3, -0.25) is 4.79 Å². The number of hydrogen-bond donors (Lipinski definition) is 0. The molecule has 116 valence electrons. The van der Waals surface area contributed by atoms with Gasteiger partial charge in [0.05, 0.1) is 19.7 Å². The number of ketones is 1. The number of halogens is 1. The van der Waals surface area contributed by atoms with E-state index in [1.54, 1.807) is 12.1 Å². The van der Waals surface area contributed by atoms with E-state index in [4.69, 9.17) is 16.3 Å². The molecule has 0 saturated heterocycles. The summed E-state index contributed by atoms with van der Waals surface area (Å²) in [6.07, 6.45) is 1.04. The summed E-state index contributed by atoms with van der Waals surface area (Å²) in [4.78, 5) is 24.1. The Bertz CT molecular complexity index is 823. The lowest BCUT2D eigenvalue weighted by Crippen LogP contribution is -2.13. The van der Waals surface area contributed by atoms with E-state index in [-0.39, 0.29) is 16.2 Å². The third-order valence-corrected chi connectivity index (χ3v) is 5.06. The summed E-state index contributed by atoms with van der Waals surface area (Å²) in [5, 5.41) is 0. The number of sulfone groups is 1. The molecule has 1 aromatic heterocycles. The Balaban J connectivity index is 2.05. The van der Waals surface area contributed by atoms with Crippen LogP contribution in [0.25, 0.3) is 0 Å². The Hall–Kier alpha value is -1.70. The minimum absolute atomic E-state index is 0.0123. The first-order valence-corrected chi connectivity index (χ1v) is 9.12. The maximum atomic E-state index is 11.9. The topological polar surface area (TPSA) is 77.5 Å². The average Bonchev–Trinajstić information content (AvgIpc) is 2.90. The number of hydrogen-bond acceptors (Lipinski definition) is 6. The number of rotatable bonds is 5. The molecular formula is C14H11ClO5S2. The largest absolute Gasteiger partial charge is 0.454 e. The fourth-order valence-electron chi connectivity index (χ4n) is 1.60. The predicted molar refractivity (Wildman–Crippen MR) is 83.5 cm³/mol. The molecule has 0 spiro atoms. The number of Topliss-reactive ketones (excluding diaryl/α,β-unsaturated/α-hetero) is 1. The van der Waals surface area contributed by atoms with Crippen LogP contribution < -0.4 is 0 Å². The second-order valence-electron chi connectivity index (χ2n) is 4.40. The molecular weight excluding hydrogens is 348 g/mol. The minimum Gasteiger partial charge on any atom is -0.454 e. The van der Waals surface area contributed by atoms with Crippen molar-refractivity contribution in [1.82, 2.24) is 0 Å². The molecule has 5 nitrogen and oxygen atoms in total. The number of benzene rings is 1. The Labute approximate surface area is 136 Å². The third kappa shape index (κ3) is 4.16. The molecule has 1 aromatic carbocycles. The molecule has 2 rings (SSSR count). The van der Waals surface area contributed by atoms with Gasteiger partial charge in [0.2, 0.25) is 5.78 Å². The molecule has 0 amide bonds. The normalized spacial score (nSPS) is 11.2. The molecule has 0 aliphatic carbocycles. The van der Waals surface area contributed by atoms with Crippen molar-refractivity contribution in [1.29, 1.82) is 0 Å². The number of ether oxygens (including phenoxy) is 1. The van der Waals surface area contributed by atoms with Gasteiger partial charge in [-0.25, -0.2) is 13.2 Å². The summed E-state index contributed by atoms with van der Waals surface area (Å²) < 4.78 is 28.3. The Morgan fingerprint density at radius 2 is 1.95 bits per heavy atom. The fourth-order valence-corrected chi connectivity index (χ4v) is 3.24. The van der Waals surface area contributed by atoms with E-state index in [0.29, 0.717) is 9.21 Å². The Kier molecular flexibility index (Phi) is 5.00. The molecule has 0 aliphatic rings. The Morgan fingerprint density at radius 3 is 2.55 bits per heavy atom. The van der Waals surface area contributed by atoms with Crippen LogP contribution in [0.2, 0.25) is 4.34 Å². The van der Waals surface area contributed by atoms with Gasteiger partial charge < -0.3 is 4.74 Å². The first-order chi connectivity index (χ1) is 10.3. The molecule has 0 N–H and O–H groups in total. The van der Waals surface area contributed by atoms with Crippen LogP contribution in [0.15, 0.2) is 41.3 Å². The summed E-state index contributed by atoms with van der Waals surface area (Å²) in [5.41, 5.74) is 0.0694. The van der Waals surface area contributed by atoms with E-state index in [1.165, 1.54) is 24.3 Å². The SMILES string of the molecule is CS(=O)(=O)c1cccc(C(=O)OCC(=O)c2ccc(Cl)s2)c1. The summed E-state index contributed by atoms with van der Waals surface area (Å²) in [5.74, 6) is -1.13. The van der Waals surface area contributed by atoms with Crippen molar-refractivity contribution in [3.8, 4) is 0 Å². The van der Waals surface area contributed by atoms with Crippen molar-refractivity contribution >= 4 is 44.5 Å². The highest BCUT2D eigenvalue weighted by Gasteiger charge is 2.15. The van der Waals surface area contributed by atoms with E-state index >= 15 is 0 Å². The van der Waals surface area contributed by atoms with Gasteiger partial charge in [-0.2, -0.15) is 0 Å². The second-order valence-corrected chi connectivity index (χ2v) is 8.13. The molecule has 8 heteroatoms. The smallest absolute Gasteiger partial charge is 0.338 e. The maximum absolute atomic E-state index is 11.9. The van der Waals surface area contributed by atoms with Crippen molar-refractivity contribution < 1.29 is 22.7 Å². The zero-order valence-electron chi connectivity index (χ0n) is 11.4. The monoisotopic (exact) mass is 358 g/mol. The van der Waals surface area contributed by atoms with Gasteiger partial charge in [-0.1, -0.05) is 17.7 Å². The van der Waals surface area contributed by atoms with Crippen molar-refractivity contribution in [2.75, 3.05) is 12.9 Å². The van der Waals surface area contributed by atoms with Crippen LogP contribution in [0.5, 0.6) is 0 Å². The lowest BCUT2D eigenvalue weighted by atomic mass is 10.2. The van der Waals surface area contributed by atoms with Crippen LogP contribution in [0.1, 0.15) is 20.0 Å². The second kappa shape index (κ2) is 6.60. The number of carbonyl (C=O) groups excluding carboxylic acids is 2. The van der Waals surface area contributed by atoms with Crippen molar-refractivity contribution in [3.05, 3.63) is 51.2 Å². The molecule has 0 bridgehead atoms. The van der Waals surface area contributed by atoms with Crippen LogP contribution in [0, 0.1) is 0 Å². The van der Waals surface area contributed by atoms with Crippen molar-refractivity contribution in [3.63, 3.8) is 0 Å². The lowest BCUT2D eigenvalue weighted by Gasteiger charge is -2.05. The predicted octanol–water partition coefficient (Wildman–Crippen LogP) is 2.84. The average molecular weight is 359 g/mol. The fraction of sp³-hybridized carbons (Fsp3) is 0.143. The lowest BCUT2D eigenvalue weighted by molar-refractivity contribution is 0.0475. The van der Waals surface area contributed by atoms with E-state index in [1.807, 2.05) is 0 Å². The van der Waals surface area contributed by atoms with E-state index < -0.39 is 22.4 Å². The summed E-state index contributed by atoms with van der Waals surface area (Å²) in [6.45, 7) is -0.432. The quantitative estimate of drug-likeness (QED) is 0.606. The van der Waals surface area contributed by atoms with E-state index in [0.717, 1.165) is 17.6 Å². The Morgan fingerprint density at radius 1 is 1.23 bits per heavy atom. The van der Waals surface area contributed by atoms with Crippen LogP contribution in [0.3, 0.4) is 0 Å². The molecule has 22 heavy (non-hydrogen) atoms. The third-order valence-electron chi connectivity index (χ3n) is 2.68. The highest BCUT2D eigenvalue weighted by Crippen LogP contribution is 2.22. The van der Waals surface area contributed by atoms with Gasteiger partial charge in [-0.05, 0) is 30.3 Å². The number of carbonyl (C=O) groups is 2. The highest BCUT2D eigenvalue weighted by atomic mass is 35.5. The molecule has 0 radical (unpaired) electrons. The number of esters is 1. The molecule has 0 atom stereocenters. The zero-order chi connectivity index (χ0) is 16.3. The molecule has 0 aliphatic heterocycles. The van der Waals surface area contributed by atoms with Gasteiger partial charge in [0.25, 0.3) is 0 Å². The zero-order valence-corrected chi connectivity index (χ0v) is 13.8. The maximum Gasteiger partial charge on any atom is 0.338 e. The van der Waals surface area contributed by atoms with E-state index in [9.17, 15) is 18.0 Å². The van der Waals surface area contributed by atoms with Gasteiger partial charge in [0.1, 0.15) is 0 Å². The van der Waals surface area contributed by atoms with Crippen LogP contribution in [-0.2, 0) is 14.6 Å². The highest BCUT2D eigenvalue weighted by molar-refractivity contribution is 7.90. The molecule has 2 aromatic rings. The van der Waals surface area contributed by atoms with E-state index in [2.05, 4.69) is 0 Å². The van der Waals surface area contributed by atoms with Gasteiger partial charge >= 0.3 is 5.97 Å². The summed E-state index contributed by atoms with van der Waals surface area (Å²) in [6, 6.07) is 8.58. The van der Waals surface area contributed by atoms with Crippen LogP contribution in [-0.4, -0.2) is 33.0 Å². The first kappa shape index (κ1) is 16.7. The standard InChI is InChI=1S/C14H11ClO5S2/c1-22(18,19)10-4-2-3-9(7-10)14(17)20-8-11(16)12-5-6-13(15)21-12/h2-7H,8H2,1H3. The molecule has 0 fully saturated rings. The molecule has 1 heterocycles. The van der Waals surface area contributed by atoms with Gasteiger partial charge in [0.15, 0.2) is 16.4 Å². The molecule has 0 unspecified atom stereocenters. The van der Waals surface area contributed by atoms with Gasteiger partial charge in [-0.15, -0.1) is 11.3 Å². The van der Waals surface area contributed by atoms with Gasteiger partial charge in [0, 0.05) is 6.26 Å². The number of thiophene rings is 1. The summed E-state index contributed by atoms with van der Waals surface area (Å²) in [7, 11) is -3.42. The summed E-state index contributed by atoms with van der Waals surface area (Å²) >= 11 is 6.82. The van der Waals surface area contributed by atoms with Crippen molar-refractivity contribution in [2.24, 2.45) is 0 Å². The first-order valence-electron chi connectivity index (χ1n) is 6.03. The van der Waals surface area contributed by atoms with Crippen molar-refractivity contribution in [2.45, 2.75) is 4.90 Å². The van der Waals surface area contributed by atoms with Crippen LogP contribution >= 0.6 is 22.9 Å².